The predicted octanol–water partition coefficient (Wildman–Crippen LogP) is 0.830. The third kappa shape index (κ3) is 1.41. The average molecular weight is 226 g/mol. The molecule has 2 aromatic rings. The number of aromatic hydroxyl groups is 2. The first-order chi connectivity index (χ1) is 8.20. The molecular formula is C13H11BO3. The maximum Gasteiger partial charge on any atom is 0.362 e. The van der Waals surface area contributed by atoms with Gasteiger partial charge < -0.3 is 14.9 Å². The van der Waals surface area contributed by atoms with Gasteiger partial charge in [-0.3, -0.25) is 0 Å². The van der Waals surface area contributed by atoms with E-state index in [1.54, 1.807) is 31.4 Å². The van der Waals surface area contributed by atoms with E-state index < -0.39 is 0 Å². The van der Waals surface area contributed by atoms with Gasteiger partial charge in [0, 0.05) is 7.11 Å². The third-order valence-electron chi connectivity index (χ3n) is 3.16. The quantitative estimate of drug-likeness (QED) is 0.708. The first kappa shape index (κ1) is 10.2. The van der Waals surface area contributed by atoms with Crippen molar-refractivity contribution in [1.29, 1.82) is 0 Å². The normalized spacial score (nSPS) is 12.4. The molecule has 0 saturated heterocycles. The molecule has 0 unspecified atom stereocenters. The number of rotatable bonds is 1. The van der Waals surface area contributed by atoms with Crippen molar-refractivity contribution in [2.24, 2.45) is 0 Å². The SMILES string of the molecule is COB1c2cc(O)ccc2-c2ccc(O)cc21. The summed E-state index contributed by atoms with van der Waals surface area (Å²) in [7, 11) is 1.62. The van der Waals surface area contributed by atoms with Crippen LogP contribution in [0.4, 0.5) is 0 Å². The van der Waals surface area contributed by atoms with E-state index in [1.165, 1.54) is 0 Å². The van der Waals surface area contributed by atoms with Gasteiger partial charge in [0.1, 0.15) is 11.5 Å². The molecule has 0 bridgehead atoms. The average Bonchev–Trinajstić information content (AvgIpc) is 2.60. The van der Waals surface area contributed by atoms with Crippen LogP contribution in [-0.2, 0) is 4.65 Å². The van der Waals surface area contributed by atoms with E-state index in [0.29, 0.717) is 0 Å². The Labute approximate surface area is 99.4 Å². The molecule has 0 amide bonds. The van der Waals surface area contributed by atoms with E-state index in [1.807, 2.05) is 12.1 Å². The van der Waals surface area contributed by atoms with Crippen LogP contribution in [-0.4, -0.2) is 24.2 Å². The van der Waals surface area contributed by atoms with Crippen molar-refractivity contribution in [3.63, 3.8) is 0 Å². The van der Waals surface area contributed by atoms with Gasteiger partial charge in [-0.25, -0.2) is 0 Å². The van der Waals surface area contributed by atoms with E-state index in [4.69, 9.17) is 4.65 Å². The summed E-state index contributed by atoms with van der Waals surface area (Å²) in [5, 5.41) is 19.1. The Morgan fingerprint density at radius 1 is 0.882 bits per heavy atom. The van der Waals surface area contributed by atoms with Gasteiger partial charge in [-0.15, -0.1) is 0 Å². The molecule has 1 aliphatic heterocycles. The van der Waals surface area contributed by atoms with Crippen LogP contribution >= 0.6 is 0 Å². The summed E-state index contributed by atoms with van der Waals surface area (Å²) in [5.41, 5.74) is 3.97. The van der Waals surface area contributed by atoms with Gasteiger partial charge in [0.25, 0.3) is 0 Å². The maximum atomic E-state index is 9.54. The number of phenolic OH excluding ortho intramolecular Hbond substituents is 2. The smallest absolute Gasteiger partial charge is 0.362 e. The number of hydrogen-bond acceptors (Lipinski definition) is 3. The number of fused-ring (bicyclic) bond motifs is 3. The van der Waals surface area contributed by atoms with Gasteiger partial charge >= 0.3 is 6.92 Å². The van der Waals surface area contributed by atoms with Crippen LogP contribution in [0, 0.1) is 0 Å². The lowest BCUT2D eigenvalue weighted by Crippen LogP contribution is -2.39. The Balaban J connectivity index is 2.28. The van der Waals surface area contributed by atoms with Crippen LogP contribution in [0.5, 0.6) is 11.5 Å². The lowest BCUT2D eigenvalue weighted by molar-refractivity contribution is 0.438. The van der Waals surface area contributed by atoms with Crippen molar-refractivity contribution >= 4 is 17.8 Å². The maximum absolute atomic E-state index is 9.54. The highest BCUT2D eigenvalue weighted by molar-refractivity contribution is 6.84. The summed E-state index contributed by atoms with van der Waals surface area (Å²) >= 11 is 0. The lowest BCUT2D eigenvalue weighted by Gasteiger charge is -2.06. The summed E-state index contributed by atoms with van der Waals surface area (Å²) in [5.74, 6) is 0.450. The highest BCUT2D eigenvalue weighted by Gasteiger charge is 2.33. The molecule has 1 aliphatic rings. The molecule has 0 atom stereocenters. The number of phenols is 2. The molecule has 2 N–H and O–H groups in total. The number of benzene rings is 2. The highest BCUT2D eigenvalue weighted by atomic mass is 16.4. The zero-order valence-electron chi connectivity index (χ0n) is 9.34. The van der Waals surface area contributed by atoms with Crippen LogP contribution in [0.25, 0.3) is 11.1 Å². The largest absolute Gasteiger partial charge is 0.508 e. The van der Waals surface area contributed by atoms with Crippen molar-refractivity contribution in [2.45, 2.75) is 0 Å². The minimum absolute atomic E-state index is 0.223. The molecule has 84 valence electrons. The van der Waals surface area contributed by atoms with Crippen LogP contribution in [0.1, 0.15) is 0 Å². The fraction of sp³-hybridized carbons (Fsp3) is 0.0769. The molecule has 3 rings (SSSR count). The zero-order chi connectivity index (χ0) is 12.0. The van der Waals surface area contributed by atoms with Crippen LogP contribution in [0.15, 0.2) is 36.4 Å². The van der Waals surface area contributed by atoms with Crippen molar-refractivity contribution < 1.29 is 14.9 Å². The van der Waals surface area contributed by atoms with Gasteiger partial charge in [-0.05, 0) is 46.3 Å². The second-order valence-electron chi connectivity index (χ2n) is 4.16. The van der Waals surface area contributed by atoms with Crippen LogP contribution in [0.3, 0.4) is 0 Å². The van der Waals surface area contributed by atoms with Crippen molar-refractivity contribution in [2.75, 3.05) is 7.11 Å². The molecule has 3 nitrogen and oxygen atoms in total. The standard InChI is InChI=1S/C13H11BO3/c1-17-14-12-6-8(15)2-4-10(12)11-5-3-9(16)7-13(11)14/h2-7,15-16H,1H3. The summed E-state index contributed by atoms with van der Waals surface area (Å²) in [6, 6.07) is 10.5. The second kappa shape index (κ2) is 3.53. The molecule has 0 radical (unpaired) electrons. The molecular weight excluding hydrogens is 215 g/mol. The first-order valence-corrected chi connectivity index (χ1v) is 5.39. The monoisotopic (exact) mass is 226 g/mol. The van der Waals surface area contributed by atoms with Gasteiger partial charge in [-0.1, -0.05) is 12.1 Å². The van der Waals surface area contributed by atoms with Crippen LogP contribution in [0.2, 0.25) is 0 Å². The fourth-order valence-electron chi connectivity index (χ4n) is 2.45. The Morgan fingerprint density at radius 3 is 1.76 bits per heavy atom. The molecule has 4 heteroatoms. The van der Waals surface area contributed by atoms with Crippen molar-refractivity contribution in [3.8, 4) is 22.6 Å². The minimum atomic E-state index is -0.223. The van der Waals surface area contributed by atoms with Gasteiger partial charge in [-0.2, -0.15) is 0 Å². The van der Waals surface area contributed by atoms with E-state index in [-0.39, 0.29) is 18.4 Å². The lowest BCUT2D eigenvalue weighted by atomic mass is 9.58. The molecule has 0 fully saturated rings. The molecule has 0 saturated carbocycles. The van der Waals surface area contributed by atoms with Crippen LogP contribution < -0.4 is 10.9 Å². The van der Waals surface area contributed by atoms with Gasteiger partial charge in [0.15, 0.2) is 0 Å². The second-order valence-corrected chi connectivity index (χ2v) is 4.16. The van der Waals surface area contributed by atoms with Crippen molar-refractivity contribution in [1.82, 2.24) is 0 Å². The molecule has 17 heavy (non-hydrogen) atoms. The Morgan fingerprint density at radius 2 is 1.35 bits per heavy atom. The molecule has 1 heterocycles. The van der Waals surface area contributed by atoms with E-state index in [2.05, 4.69) is 0 Å². The molecule has 0 spiro atoms. The predicted molar refractivity (Wildman–Crippen MR) is 67.2 cm³/mol. The highest BCUT2D eigenvalue weighted by Crippen LogP contribution is 2.27. The van der Waals surface area contributed by atoms with E-state index in [0.717, 1.165) is 22.1 Å². The van der Waals surface area contributed by atoms with E-state index >= 15 is 0 Å². The van der Waals surface area contributed by atoms with Crippen molar-refractivity contribution in [3.05, 3.63) is 36.4 Å². The summed E-state index contributed by atoms with van der Waals surface area (Å²) < 4.78 is 5.45. The molecule has 2 aromatic carbocycles. The first-order valence-electron chi connectivity index (χ1n) is 5.39. The Hall–Kier alpha value is -1.94. The molecule has 0 aliphatic carbocycles. The zero-order valence-corrected chi connectivity index (χ0v) is 9.34. The summed E-state index contributed by atoms with van der Waals surface area (Å²) in [6.45, 7) is -0.223. The fourth-order valence-corrected chi connectivity index (χ4v) is 2.45. The number of hydrogen-bond donors (Lipinski definition) is 2. The Bertz CT molecular complexity index is 544. The molecule has 0 aromatic heterocycles. The Kier molecular flexibility index (Phi) is 2.13. The summed E-state index contributed by atoms with van der Waals surface area (Å²) in [6.07, 6.45) is 0. The van der Waals surface area contributed by atoms with Gasteiger partial charge in [0.05, 0.1) is 0 Å². The minimum Gasteiger partial charge on any atom is -0.508 e. The van der Waals surface area contributed by atoms with E-state index in [9.17, 15) is 10.2 Å². The summed E-state index contributed by atoms with van der Waals surface area (Å²) in [4.78, 5) is 0. The third-order valence-corrected chi connectivity index (χ3v) is 3.16. The van der Waals surface area contributed by atoms with Gasteiger partial charge in [0.2, 0.25) is 0 Å². The topological polar surface area (TPSA) is 49.7 Å².